The maximum Gasteiger partial charge on any atom is 0.258 e. The molecular weight excluding hydrogens is 262 g/mol. The predicted octanol–water partition coefficient (Wildman–Crippen LogP) is -1.23. The summed E-state index contributed by atoms with van der Waals surface area (Å²) < 4.78 is 26.3. The van der Waals surface area contributed by atoms with Crippen LogP contribution in [0.15, 0.2) is 12.3 Å². The van der Waals surface area contributed by atoms with Crippen LogP contribution in [0.25, 0.3) is 0 Å². The fourth-order valence-electron chi connectivity index (χ4n) is 1.33. The number of rotatable bonds is 5. The van der Waals surface area contributed by atoms with Gasteiger partial charge in [0.25, 0.3) is 5.91 Å². The zero-order valence-electron chi connectivity index (χ0n) is 9.60. The first-order valence-electron chi connectivity index (χ1n) is 4.98. The molecule has 4 N–H and O–H groups in total. The lowest BCUT2D eigenvalue weighted by molar-refractivity contribution is -0.121. The molecule has 0 saturated carbocycles. The summed E-state index contributed by atoms with van der Waals surface area (Å²) in [7, 11) is 0. The van der Waals surface area contributed by atoms with Gasteiger partial charge >= 0.3 is 0 Å². The molecule has 0 saturated heterocycles. The smallest absolute Gasteiger partial charge is 0.258 e. The second-order valence-electron chi connectivity index (χ2n) is 3.56. The summed E-state index contributed by atoms with van der Waals surface area (Å²) in [6.07, 6.45) is 0.873. The normalized spacial score (nSPS) is 10.0. The summed E-state index contributed by atoms with van der Waals surface area (Å²) in [6.45, 7) is -1.30. The lowest BCUT2D eigenvalue weighted by Crippen LogP contribution is -2.43. The first-order chi connectivity index (χ1) is 8.82. The van der Waals surface area contributed by atoms with Gasteiger partial charge in [0.2, 0.25) is 17.8 Å². The van der Waals surface area contributed by atoms with E-state index < -0.39 is 48.1 Å². The van der Waals surface area contributed by atoms with Crippen molar-refractivity contribution in [3.05, 3.63) is 29.6 Å². The predicted molar refractivity (Wildman–Crippen MR) is 58.4 cm³/mol. The molecule has 1 aromatic heterocycles. The molecular formula is C10H10F2N4O3. The van der Waals surface area contributed by atoms with Crippen molar-refractivity contribution < 1.29 is 23.2 Å². The molecule has 0 atom stereocenters. The summed E-state index contributed by atoms with van der Waals surface area (Å²) in [5, 5.41) is 0. The summed E-state index contributed by atoms with van der Waals surface area (Å²) in [4.78, 5) is 37.0. The van der Waals surface area contributed by atoms with Gasteiger partial charge in [0.1, 0.15) is 13.1 Å². The Morgan fingerprint density at radius 3 is 2.16 bits per heavy atom. The van der Waals surface area contributed by atoms with E-state index in [0.29, 0.717) is 4.90 Å². The van der Waals surface area contributed by atoms with Gasteiger partial charge in [0, 0.05) is 6.20 Å². The Morgan fingerprint density at radius 1 is 1.16 bits per heavy atom. The zero-order valence-corrected chi connectivity index (χ0v) is 9.60. The van der Waals surface area contributed by atoms with Crippen molar-refractivity contribution in [2.24, 2.45) is 11.5 Å². The van der Waals surface area contributed by atoms with Gasteiger partial charge in [0.15, 0.2) is 5.82 Å². The molecule has 0 aliphatic carbocycles. The van der Waals surface area contributed by atoms with Crippen molar-refractivity contribution in [3.63, 3.8) is 0 Å². The van der Waals surface area contributed by atoms with Crippen LogP contribution >= 0.6 is 0 Å². The first kappa shape index (κ1) is 14.5. The minimum Gasteiger partial charge on any atom is -0.368 e. The van der Waals surface area contributed by atoms with Crippen LogP contribution in [0, 0.1) is 11.8 Å². The van der Waals surface area contributed by atoms with Crippen molar-refractivity contribution >= 4 is 17.7 Å². The minimum atomic E-state index is -1.48. The van der Waals surface area contributed by atoms with Gasteiger partial charge in [-0.1, -0.05) is 0 Å². The Morgan fingerprint density at radius 2 is 1.68 bits per heavy atom. The average Bonchev–Trinajstić information content (AvgIpc) is 2.30. The van der Waals surface area contributed by atoms with E-state index in [0.717, 1.165) is 12.3 Å². The molecule has 0 bridgehead atoms. The van der Waals surface area contributed by atoms with E-state index in [9.17, 15) is 23.2 Å². The van der Waals surface area contributed by atoms with Crippen molar-refractivity contribution in [1.29, 1.82) is 0 Å². The van der Waals surface area contributed by atoms with Crippen molar-refractivity contribution in [2.75, 3.05) is 13.1 Å². The Kier molecular flexibility index (Phi) is 4.46. The van der Waals surface area contributed by atoms with Gasteiger partial charge in [-0.3, -0.25) is 14.4 Å². The highest BCUT2D eigenvalue weighted by atomic mass is 19.2. The average molecular weight is 272 g/mol. The van der Waals surface area contributed by atoms with E-state index >= 15 is 0 Å². The van der Waals surface area contributed by atoms with Crippen LogP contribution in [0.5, 0.6) is 0 Å². The molecule has 3 amide bonds. The number of carbonyl (C=O) groups excluding carboxylic acids is 3. The topological polar surface area (TPSA) is 119 Å². The summed E-state index contributed by atoms with van der Waals surface area (Å²) in [6, 6.07) is 0.912. The number of pyridine rings is 1. The number of hydrogen-bond acceptors (Lipinski definition) is 4. The highest BCUT2D eigenvalue weighted by Gasteiger charge is 2.24. The quantitative estimate of drug-likeness (QED) is 0.652. The summed E-state index contributed by atoms with van der Waals surface area (Å²) in [5.74, 6) is -5.89. The zero-order chi connectivity index (χ0) is 14.6. The van der Waals surface area contributed by atoms with Crippen LogP contribution in [0.2, 0.25) is 0 Å². The number of primary amides is 2. The van der Waals surface area contributed by atoms with E-state index in [2.05, 4.69) is 4.98 Å². The van der Waals surface area contributed by atoms with Gasteiger partial charge < -0.3 is 16.4 Å². The largest absolute Gasteiger partial charge is 0.368 e. The fourth-order valence-corrected chi connectivity index (χ4v) is 1.33. The molecule has 0 spiro atoms. The van der Waals surface area contributed by atoms with Gasteiger partial charge in [-0.2, -0.15) is 4.39 Å². The molecule has 0 unspecified atom stereocenters. The maximum atomic E-state index is 13.4. The Balaban J connectivity index is 3.07. The van der Waals surface area contributed by atoms with Gasteiger partial charge in [0.05, 0.1) is 5.56 Å². The number of amides is 3. The second kappa shape index (κ2) is 5.85. The Labute approximate surface area is 106 Å². The molecule has 0 fully saturated rings. The number of aromatic nitrogens is 1. The number of hydrogen-bond donors (Lipinski definition) is 2. The van der Waals surface area contributed by atoms with Gasteiger partial charge in [-0.05, 0) is 6.07 Å². The van der Waals surface area contributed by atoms with E-state index in [4.69, 9.17) is 11.5 Å². The van der Waals surface area contributed by atoms with Gasteiger partial charge in [-0.25, -0.2) is 9.37 Å². The molecule has 1 heterocycles. The van der Waals surface area contributed by atoms with Crippen LogP contribution in [0.3, 0.4) is 0 Å². The Hall–Kier alpha value is -2.58. The van der Waals surface area contributed by atoms with Crippen LogP contribution in [-0.4, -0.2) is 40.7 Å². The van der Waals surface area contributed by atoms with Crippen LogP contribution in [0.4, 0.5) is 8.78 Å². The first-order valence-corrected chi connectivity index (χ1v) is 4.98. The third-order valence-electron chi connectivity index (χ3n) is 2.06. The molecule has 1 aromatic rings. The number of halogens is 2. The third-order valence-corrected chi connectivity index (χ3v) is 2.06. The van der Waals surface area contributed by atoms with E-state index in [1.54, 1.807) is 0 Å². The van der Waals surface area contributed by atoms with Crippen LogP contribution < -0.4 is 11.5 Å². The van der Waals surface area contributed by atoms with Crippen molar-refractivity contribution in [3.8, 4) is 0 Å². The standard InChI is InChI=1S/C10H10F2N4O3/c11-8-5(1-2-15-9(8)12)10(19)16(3-6(13)17)4-7(14)18/h1-2H,3-4H2,(H2,13,17)(H2,14,18). The molecule has 0 aliphatic rings. The molecule has 0 aromatic carbocycles. The van der Waals surface area contributed by atoms with Crippen LogP contribution in [-0.2, 0) is 9.59 Å². The summed E-state index contributed by atoms with van der Waals surface area (Å²) in [5.41, 5.74) is 9.10. The molecule has 102 valence electrons. The SMILES string of the molecule is NC(=O)CN(CC(N)=O)C(=O)c1ccnc(F)c1F. The molecule has 9 heteroatoms. The lowest BCUT2D eigenvalue weighted by atomic mass is 10.2. The monoisotopic (exact) mass is 272 g/mol. The number of nitrogens with zero attached hydrogens (tertiary/aromatic N) is 2. The Bertz CT molecular complexity index is 520. The molecule has 7 nitrogen and oxygen atoms in total. The summed E-state index contributed by atoms with van der Waals surface area (Å²) >= 11 is 0. The minimum absolute atomic E-state index is 0.614. The lowest BCUT2D eigenvalue weighted by Gasteiger charge is -2.19. The molecule has 1 rings (SSSR count). The molecule has 19 heavy (non-hydrogen) atoms. The van der Waals surface area contributed by atoms with E-state index in [-0.39, 0.29) is 0 Å². The van der Waals surface area contributed by atoms with Crippen molar-refractivity contribution in [1.82, 2.24) is 9.88 Å². The van der Waals surface area contributed by atoms with E-state index in [1.807, 2.05) is 0 Å². The fraction of sp³-hybridized carbons (Fsp3) is 0.200. The van der Waals surface area contributed by atoms with Crippen LogP contribution in [0.1, 0.15) is 10.4 Å². The highest BCUT2D eigenvalue weighted by molar-refractivity contribution is 5.98. The number of carbonyl (C=O) groups is 3. The second-order valence-corrected chi connectivity index (χ2v) is 3.56. The maximum absolute atomic E-state index is 13.4. The molecule has 0 radical (unpaired) electrons. The molecule has 0 aliphatic heterocycles. The van der Waals surface area contributed by atoms with Gasteiger partial charge in [-0.15, -0.1) is 0 Å². The highest BCUT2D eigenvalue weighted by Crippen LogP contribution is 2.11. The van der Waals surface area contributed by atoms with E-state index in [1.165, 1.54) is 0 Å². The van der Waals surface area contributed by atoms with Crippen molar-refractivity contribution in [2.45, 2.75) is 0 Å². The number of nitrogens with two attached hydrogens (primary N) is 2. The third kappa shape index (κ3) is 3.69.